The normalized spacial score (nSPS) is 23.2. The summed E-state index contributed by atoms with van der Waals surface area (Å²) in [6.07, 6.45) is -2.47. The fraction of sp³-hybridized carbons (Fsp3) is 0.333. The van der Waals surface area contributed by atoms with E-state index >= 15 is 0 Å². The molecule has 0 saturated carbocycles. The summed E-state index contributed by atoms with van der Waals surface area (Å²) in [5.74, 6) is -0.298. The van der Waals surface area contributed by atoms with E-state index in [2.05, 4.69) is 4.98 Å². The van der Waals surface area contributed by atoms with Gasteiger partial charge in [-0.3, -0.25) is 4.79 Å². The lowest BCUT2D eigenvalue weighted by molar-refractivity contribution is 0.0764. The molecule has 1 aliphatic rings. The van der Waals surface area contributed by atoms with Gasteiger partial charge in [0.15, 0.2) is 5.13 Å². The number of likely N-dealkylation sites (tertiary alicyclic amines) is 1. The monoisotopic (exact) mass is 281 g/mol. The predicted molar refractivity (Wildman–Crippen MR) is 70.8 cm³/mol. The van der Waals surface area contributed by atoms with Crippen molar-refractivity contribution in [1.82, 2.24) is 9.88 Å². The molecule has 3 N–H and O–H groups in total. The van der Waals surface area contributed by atoms with Crippen LogP contribution in [-0.4, -0.2) is 46.3 Å². The summed E-state index contributed by atoms with van der Waals surface area (Å²) in [6.45, 7) is -0.0471. The molecule has 3 rings (SSSR count). The minimum Gasteiger partial charge on any atom is -0.388 e. The third-order valence-electron chi connectivity index (χ3n) is 3.16. The average Bonchev–Trinajstić information content (AvgIpc) is 2.90. The highest BCUT2D eigenvalue weighted by Gasteiger charge is 2.34. The highest BCUT2D eigenvalue weighted by Crippen LogP contribution is 2.25. The molecule has 1 saturated heterocycles. The van der Waals surface area contributed by atoms with Gasteiger partial charge in [0.25, 0.3) is 5.91 Å². The van der Waals surface area contributed by atoms with Crippen LogP contribution in [0.15, 0.2) is 18.2 Å². The molecule has 7 heteroatoms. The van der Waals surface area contributed by atoms with Gasteiger partial charge >= 0.3 is 0 Å². The molecule has 19 heavy (non-hydrogen) atoms. The Hall–Kier alpha value is -1.73. The largest absolute Gasteiger partial charge is 0.388 e. The van der Waals surface area contributed by atoms with Gasteiger partial charge in [-0.05, 0) is 18.2 Å². The number of thiazole rings is 1. The van der Waals surface area contributed by atoms with Gasteiger partial charge in [0.05, 0.1) is 16.8 Å². The van der Waals surface area contributed by atoms with Crippen LogP contribution < -0.4 is 5.73 Å². The lowest BCUT2D eigenvalue weighted by Gasteiger charge is -2.14. The summed E-state index contributed by atoms with van der Waals surface area (Å²) in [5, 5.41) is 9.79. The molecule has 1 fully saturated rings. The fourth-order valence-electron chi connectivity index (χ4n) is 2.17. The number of nitrogens with zero attached hydrogens (tertiary/aromatic N) is 2. The maximum absolute atomic E-state index is 13.2. The first-order chi connectivity index (χ1) is 9.04. The number of aliphatic hydroxyl groups is 1. The summed E-state index contributed by atoms with van der Waals surface area (Å²) in [6, 6.07) is 5.08. The average molecular weight is 281 g/mol. The zero-order valence-corrected chi connectivity index (χ0v) is 10.7. The number of carbonyl (C=O) groups excluding carboxylic acids is 1. The molecular formula is C12H12FN3O2S. The topological polar surface area (TPSA) is 79.5 Å². The third-order valence-corrected chi connectivity index (χ3v) is 4.02. The number of nitrogens with two attached hydrogens (primary N) is 1. The lowest BCUT2D eigenvalue weighted by atomic mass is 10.2. The summed E-state index contributed by atoms with van der Waals surface area (Å²) in [5.41, 5.74) is 6.69. The van der Waals surface area contributed by atoms with Gasteiger partial charge in [-0.25, -0.2) is 9.37 Å². The molecule has 5 nitrogen and oxygen atoms in total. The quantitative estimate of drug-likeness (QED) is 0.818. The summed E-state index contributed by atoms with van der Waals surface area (Å²) < 4.78 is 14.1. The molecule has 0 unspecified atom stereocenters. The molecule has 1 amide bonds. The number of benzene rings is 1. The second kappa shape index (κ2) is 4.43. The number of hydrogen-bond acceptors (Lipinski definition) is 5. The van der Waals surface area contributed by atoms with E-state index in [1.807, 2.05) is 0 Å². The van der Waals surface area contributed by atoms with Gasteiger partial charge in [0.1, 0.15) is 12.3 Å². The number of carbonyl (C=O) groups is 1. The Bertz CT molecular complexity index is 635. The van der Waals surface area contributed by atoms with Crippen LogP contribution in [0.5, 0.6) is 0 Å². The smallest absolute Gasteiger partial charge is 0.254 e. The number of hydrogen-bond donors (Lipinski definition) is 2. The van der Waals surface area contributed by atoms with Crippen LogP contribution >= 0.6 is 11.3 Å². The predicted octanol–water partition coefficient (Wildman–Crippen LogP) is 1.03. The van der Waals surface area contributed by atoms with E-state index in [1.165, 1.54) is 16.2 Å². The Morgan fingerprint density at radius 1 is 1.53 bits per heavy atom. The van der Waals surface area contributed by atoms with E-state index in [0.29, 0.717) is 16.2 Å². The molecule has 2 aromatic rings. The van der Waals surface area contributed by atoms with E-state index in [4.69, 9.17) is 5.73 Å². The first-order valence-corrected chi connectivity index (χ1v) is 6.64. The maximum atomic E-state index is 13.2. The SMILES string of the molecule is Nc1nc2cc(C(=O)N3C[C@@H](O)[C@H](F)C3)ccc2s1. The highest BCUT2D eigenvalue weighted by atomic mass is 32.1. The zero-order chi connectivity index (χ0) is 13.6. The minimum atomic E-state index is -1.37. The van der Waals surface area contributed by atoms with Gasteiger partial charge < -0.3 is 15.7 Å². The van der Waals surface area contributed by atoms with Crippen molar-refractivity contribution in [2.45, 2.75) is 12.3 Å². The molecular weight excluding hydrogens is 269 g/mol. The van der Waals surface area contributed by atoms with Gasteiger partial charge in [-0.1, -0.05) is 11.3 Å². The molecule has 0 radical (unpaired) electrons. The van der Waals surface area contributed by atoms with Crippen LogP contribution in [0, 0.1) is 0 Å². The van der Waals surface area contributed by atoms with Crippen molar-refractivity contribution in [2.24, 2.45) is 0 Å². The van der Waals surface area contributed by atoms with Crippen LogP contribution in [0.1, 0.15) is 10.4 Å². The lowest BCUT2D eigenvalue weighted by Crippen LogP contribution is -2.29. The van der Waals surface area contributed by atoms with Crippen LogP contribution in [0.4, 0.5) is 9.52 Å². The first-order valence-electron chi connectivity index (χ1n) is 5.82. The second-order valence-electron chi connectivity index (χ2n) is 4.53. The zero-order valence-electron chi connectivity index (χ0n) is 9.91. The Labute approximate surface area is 112 Å². The number of aliphatic hydroxyl groups excluding tert-OH is 1. The van der Waals surface area contributed by atoms with E-state index in [-0.39, 0.29) is 19.0 Å². The number of rotatable bonds is 1. The Balaban J connectivity index is 1.89. The van der Waals surface area contributed by atoms with E-state index < -0.39 is 12.3 Å². The minimum absolute atomic E-state index is 0.0250. The number of anilines is 1. The number of nitrogen functional groups attached to an aromatic ring is 1. The Morgan fingerprint density at radius 2 is 2.32 bits per heavy atom. The van der Waals surface area contributed by atoms with E-state index in [0.717, 1.165) is 4.70 Å². The second-order valence-corrected chi connectivity index (χ2v) is 5.59. The molecule has 1 aromatic carbocycles. The number of halogens is 1. The summed E-state index contributed by atoms with van der Waals surface area (Å²) in [4.78, 5) is 17.6. The van der Waals surface area contributed by atoms with Crippen molar-refractivity contribution in [3.05, 3.63) is 23.8 Å². The van der Waals surface area contributed by atoms with Crippen LogP contribution in [0.2, 0.25) is 0 Å². The molecule has 0 bridgehead atoms. The number of aromatic nitrogens is 1. The van der Waals surface area contributed by atoms with Crippen molar-refractivity contribution < 1.29 is 14.3 Å². The summed E-state index contributed by atoms with van der Waals surface area (Å²) >= 11 is 1.35. The Kier molecular flexibility index (Phi) is 2.87. The van der Waals surface area contributed by atoms with Crippen LogP contribution in [-0.2, 0) is 0 Å². The van der Waals surface area contributed by atoms with Crippen molar-refractivity contribution in [3.63, 3.8) is 0 Å². The molecule has 100 valence electrons. The van der Waals surface area contributed by atoms with Gasteiger partial charge in [-0.2, -0.15) is 0 Å². The van der Waals surface area contributed by atoms with Crippen molar-refractivity contribution in [3.8, 4) is 0 Å². The molecule has 1 aliphatic heterocycles. The standard InChI is InChI=1S/C12H12FN3O2S/c13-7-4-16(5-9(7)17)11(18)6-1-2-10-8(3-6)15-12(14)19-10/h1-3,7,9,17H,4-5H2,(H2,14,15)/t7-,9-/m1/s1. The molecule has 0 aliphatic carbocycles. The van der Waals surface area contributed by atoms with Gasteiger partial charge in [-0.15, -0.1) is 0 Å². The molecule has 2 atom stereocenters. The molecule has 2 heterocycles. The Morgan fingerprint density at radius 3 is 3.00 bits per heavy atom. The molecule has 1 aromatic heterocycles. The number of fused-ring (bicyclic) bond motifs is 1. The van der Waals surface area contributed by atoms with Crippen molar-refractivity contribution >= 4 is 32.6 Å². The first kappa shape index (κ1) is 12.3. The fourth-order valence-corrected chi connectivity index (χ4v) is 2.89. The van der Waals surface area contributed by atoms with E-state index in [9.17, 15) is 14.3 Å². The number of alkyl halides is 1. The third kappa shape index (κ3) is 2.15. The van der Waals surface area contributed by atoms with Gasteiger partial charge in [0.2, 0.25) is 0 Å². The van der Waals surface area contributed by atoms with Gasteiger partial charge in [0, 0.05) is 12.1 Å². The van der Waals surface area contributed by atoms with Crippen LogP contribution in [0.25, 0.3) is 10.2 Å². The molecule has 0 spiro atoms. The highest BCUT2D eigenvalue weighted by molar-refractivity contribution is 7.22. The number of β-amino-alcohol motifs (C(OH)–C–C–N with tert-alkyl or cyclic N) is 1. The maximum Gasteiger partial charge on any atom is 0.254 e. The van der Waals surface area contributed by atoms with Crippen molar-refractivity contribution in [2.75, 3.05) is 18.8 Å². The summed E-state index contributed by atoms with van der Waals surface area (Å²) in [7, 11) is 0. The van der Waals surface area contributed by atoms with E-state index in [1.54, 1.807) is 18.2 Å². The number of amides is 1. The van der Waals surface area contributed by atoms with Crippen LogP contribution in [0.3, 0.4) is 0 Å². The van der Waals surface area contributed by atoms with Crippen molar-refractivity contribution in [1.29, 1.82) is 0 Å².